The summed E-state index contributed by atoms with van der Waals surface area (Å²) >= 11 is 0. The van der Waals surface area contributed by atoms with Gasteiger partial charge in [0.1, 0.15) is 28.6 Å². The fourth-order valence-corrected chi connectivity index (χ4v) is 1.68. The lowest BCUT2D eigenvalue weighted by atomic mass is 10.2. The van der Waals surface area contributed by atoms with Crippen LogP contribution in [-0.2, 0) is 0 Å². The Morgan fingerprint density at radius 3 is 2.63 bits per heavy atom. The zero-order chi connectivity index (χ0) is 14.0. The number of ether oxygens (including phenoxy) is 2. The standard InChI is InChI=1S/C12H13N3O4/c1-18-7-3-4-10(19-2)9(5-7)15-11(13)8(6-14-15)12(16)17/h3-6H,13H2,1-2H3,(H,16,17). The largest absolute Gasteiger partial charge is 0.497 e. The van der Waals surface area contributed by atoms with Crippen LogP contribution in [0.3, 0.4) is 0 Å². The van der Waals surface area contributed by atoms with Gasteiger partial charge in [-0.2, -0.15) is 5.10 Å². The SMILES string of the molecule is COc1ccc(OC)c(-n2ncc(C(=O)O)c2N)c1. The summed E-state index contributed by atoms with van der Waals surface area (Å²) in [5.74, 6) is -0.0141. The molecular weight excluding hydrogens is 250 g/mol. The van der Waals surface area contributed by atoms with E-state index in [2.05, 4.69) is 5.10 Å². The number of carbonyl (C=O) groups is 1. The van der Waals surface area contributed by atoms with Gasteiger partial charge in [-0.25, -0.2) is 9.48 Å². The van der Waals surface area contributed by atoms with Crippen LogP contribution in [0.15, 0.2) is 24.4 Å². The quantitative estimate of drug-likeness (QED) is 0.858. The minimum Gasteiger partial charge on any atom is -0.497 e. The molecule has 100 valence electrons. The van der Waals surface area contributed by atoms with Gasteiger partial charge in [0.15, 0.2) is 0 Å². The number of rotatable bonds is 4. The summed E-state index contributed by atoms with van der Waals surface area (Å²) in [6.07, 6.45) is 1.19. The van der Waals surface area contributed by atoms with E-state index in [9.17, 15) is 4.79 Å². The van der Waals surface area contributed by atoms with E-state index in [-0.39, 0.29) is 11.4 Å². The van der Waals surface area contributed by atoms with Crippen molar-refractivity contribution in [3.63, 3.8) is 0 Å². The first-order valence-corrected chi connectivity index (χ1v) is 5.37. The topological polar surface area (TPSA) is 99.6 Å². The molecule has 0 bridgehead atoms. The Hall–Kier alpha value is -2.70. The molecule has 0 aliphatic heterocycles. The van der Waals surface area contributed by atoms with Gasteiger partial charge in [0.2, 0.25) is 0 Å². The van der Waals surface area contributed by atoms with Gasteiger partial charge in [-0.3, -0.25) is 0 Å². The Kier molecular flexibility index (Phi) is 3.28. The third kappa shape index (κ3) is 2.17. The third-order valence-corrected chi connectivity index (χ3v) is 2.65. The molecule has 7 nitrogen and oxygen atoms in total. The lowest BCUT2D eigenvalue weighted by molar-refractivity contribution is 0.0698. The Balaban J connectivity index is 2.60. The van der Waals surface area contributed by atoms with E-state index < -0.39 is 5.97 Å². The smallest absolute Gasteiger partial charge is 0.341 e. The minimum atomic E-state index is -1.13. The number of hydrogen-bond acceptors (Lipinski definition) is 5. The predicted octanol–water partition coefficient (Wildman–Crippen LogP) is 1.17. The first-order chi connectivity index (χ1) is 9.08. The van der Waals surface area contributed by atoms with Gasteiger partial charge >= 0.3 is 5.97 Å². The molecule has 0 amide bonds. The molecule has 2 rings (SSSR count). The van der Waals surface area contributed by atoms with Crippen LogP contribution in [0.4, 0.5) is 5.82 Å². The summed E-state index contributed by atoms with van der Waals surface area (Å²) in [4.78, 5) is 11.0. The molecule has 0 aliphatic rings. The Labute approximate surface area is 109 Å². The lowest BCUT2D eigenvalue weighted by Gasteiger charge is -2.11. The molecule has 2 aromatic rings. The number of methoxy groups -OCH3 is 2. The average Bonchev–Trinajstić information content (AvgIpc) is 2.79. The van der Waals surface area contributed by atoms with Gasteiger partial charge in [0.25, 0.3) is 0 Å². The molecule has 0 unspecified atom stereocenters. The van der Waals surface area contributed by atoms with Crippen molar-refractivity contribution >= 4 is 11.8 Å². The molecule has 1 aromatic heterocycles. The second-order valence-electron chi connectivity index (χ2n) is 3.70. The highest BCUT2D eigenvalue weighted by Gasteiger charge is 2.17. The number of benzene rings is 1. The number of nitrogens with zero attached hydrogens (tertiary/aromatic N) is 2. The molecule has 0 aliphatic carbocycles. The van der Waals surface area contributed by atoms with Crippen molar-refractivity contribution in [2.24, 2.45) is 0 Å². The number of carboxylic acids is 1. The van der Waals surface area contributed by atoms with E-state index in [1.807, 2.05) is 0 Å². The molecule has 0 saturated carbocycles. The summed E-state index contributed by atoms with van der Waals surface area (Å²) in [5, 5.41) is 12.9. The van der Waals surface area contributed by atoms with E-state index in [1.165, 1.54) is 25.1 Å². The van der Waals surface area contributed by atoms with Crippen LogP contribution in [0.25, 0.3) is 5.69 Å². The molecule has 0 spiro atoms. The second kappa shape index (κ2) is 4.89. The maximum atomic E-state index is 11.0. The van der Waals surface area contributed by atoms with Crippen molar-refractivity contribution < 1.29 is 19.4 Å². The number of hydrogen-bond donors (Lipinski definition) is 2. The van der Waals surface area contributed by atoms with Crippen LogP contribution in [0.2, 0.25) is 0 Å². The van der Waals surface area contributed by atoms with Gasteiger partial charge < -0.3 is 20.3 Å². The number of anilines is 1. The van der Waals surface area contributed by atoms with Crippen molar-refractivity contribution in [1.29, 1.82) is 0 Å². The van der Waals surface area contributed by atoms with Gasteiger partial charge in [0, 0.05) is 6.07 Å². The van der Waals surface area contributed by atoms with Crippen molar-refractivity contribution in [3.8, 4) is 17.2 Å². The van der Waals surface area contributed by atoms with E-state index >= 15 is 0 Å². The summed E-state index contributed by atoms with van der Waals surface area (Å²) < 4.78 is 11.6. The molecule has 0 radical (unpaired) electrons. The van der Waals surface area contributed by atoms with Crippen molar-refractivity contribution in [2.45, 2.75) is 0 Å². The van der Waals surface area contributed by atoms with Crippen LogP contribution >= 0.6 is 0 Å². The number of aromatic nitrogens is 2. The van der Waals surface area contributed by atoms with Crippen LogP contribution in [0.1, 0.15) is 10.4 Å². The third-order valence-electron chi connectivity index (χ3n) is 2.65. The van der Waals surface area contributed by atoms with E-state index in [4.69, 9.17) is 20.3 Å². The van der Waals surface area contributed by atoms with E-state index in [0.29, 0.717) is 17.2 Å². The fraction of sp³-hybridized carbons (Fsp3) is 0.167. The normalized spacial score (nSPS) is 10.2. The van der Waals surface area contributed by atoms with Crippen LogP contribution in [0, 0.1) is 0 Å². The molecule has 1 aromatic carbocycles. The molecule has 1 heterocycles. The molecule has 3 N–H and O–H groups in total. The maximum absolute atomic E-state index is 11.0. The summed E-state index contributed by atoms with van der Waals surface area (Å²) in [5.41, 5.74) is 6.22. The van der Waals surface area contributed by atoms with Crippen molar-refractivity contribution in [1.82, 2.24) is 9.78 Å². The van der Waals surface area contributed by atoms with E-state index in [0.717, 1.165) is 0 Å². The van der Waals surface area contributed by atoms with Gasteiger partial charge in [-0.05, 0) is 12.1 Å². The van der Waals surface area contributed by atoms with Gasteiger partial charge in [-0.15, -0.1) is 0 Å². The summed E-state index contributed by atoms with van der Waals surface area (Å²) in [6.45, 7) is 0. The van der Waals surface area contributed by atoms with Crippen LogP contribution in [-0.4, -0.2) is 35.1 Å². The highest BCUT2D eigenvalue weighted by molar-refractivity contribution is 5.92. The number of nitrogen functional groups attached to an aromatic ring is 1. The first-order valence-electron chi connectivity index (χ1n) is 5.37. The van der Waals surface area contributed by atoms with Gasteiger partial charge in [0.05, 0.1) is 20.4 Å². The Morgan fingerprint density at radius 2 is 2.11 bits per heavy atom. The van der Waals surface area contributed by atoms with Gasteiger partial charge in [-0.1, -0.05) is 0 Å². The highest BCUT2D eigenvalue weighted by Crippen LogP contribution is 2.29. The zero-order valence-electron chi connectivity index (χ0n) is 10.5. The number of nitrogens with two attached hydrogens (primary N) is 1. The summed E-state index contributed by atoms with van der Waals surface area (Å²) in [7, 11) is 3.03. The first kappa shape index (κ1) is 12.7. The number of carboxylic acid groups (broad SMARTS) is 1. The molecule has 0 saturated heterocycles. The van der Waals surface area contributed by atoms with Crippen LogP contribution < -0.4 is 15.2 Å². The molecular formula is C12H13N3O4. The van der Waals surface area contributed by atoms with Crippen molar-refractivity contribution in [3.05, 3.63) is 30.0 Å². The molecule has 7 heteroatoms. The van der Waals surface area contributed by atoms with Crippen molar-refractivity contribution in [2.75, 3.05) is 20.0 Å². The monoisotopic (exact) mass is 263 g/mol. The molecule has 0 fully saturated rings. The average molecular weight is 263 g/mol. The van der Waals surface area contributed by atoms with Crippen LogP contribution in [0.5, 0.6) is 11.5 Å². The lowest BCUT2D eigenvalue weighted by Crippen LogP contribution is -2.07. The highest BCUT2D eigenvalue weighted by atomic mass is 16.5. The Bertz CT molecular complexity index is 621. The second-order valence-corrected chi connectivity index (χ2v) is 3.70. The molecule has 19 heavy (non-hydrogen) atoms. The maximum Gasteiger partial charge on any atom is 0.341 e. The fourth-order valence-electron chi connectivity index (χ4n) is 1.68. The predicted molar refractivity (Wildman–Crippen MR) is 68.0 cm³/mol. The molecule has 0 atom stereocenters. The number of aromatic carboxylic acids is 1. The minimum absolute atomic E-state index is 0.0269. The van der Waals surface area contributed by atoms with E-state index in [1.54, 1.807) is 18.2 Å². The zero-order valence-corrected chi connectivity index (χ0v) is 10.5. The Morgan fingerprint density at radius 1 is 1.37 bits per heavy atom. The summed E-state index contributed by atoms with van der Waals surface area (Å²) in [6, 6.07) is 5.07.